The van der Waals surface area contributed by atoms with Crippen molar-refractivity contribution in [3.63, 3.8) is 0 Å². The van der Waals surface area contributed by atoms with E-state index in [4.69, 9.17) is 128 Å². The summed E-state index contributed by atoms with van der Waals surface area (Å²) in [5.41, 5.74) is 0. The van der Waals surface area contributed by atoms with Crippen molar-refractivity contribution in [2.24, 2.45) is 0 Å². The van der Waals surface area contributed by atoms with Gasteiger partial charge in [-0.05, 0) is 6.92 Å². The van der Waals surface area contributed by atoms with E-state index >= 15 is 0 Å². The van der Waals surface area contributed by atoms with Crippen molar-refractivity contribution in [2.45, 2.75) is 309 Å². The summed E-state index contributed by atoms with van der Waals surface area (Å²) in [6, 6.07) is -2.19. The molecule has 6 heterocycles. The average Bonchev–Trinajstić information content (AvgIpc) is 0.758. The van der Waals surface area contributed by atoms with Crippen molar-refractivity contribution in [3.8, 4) is 0 Å². The van der Waals surface area contributed by atoms with Crippen LogP contribution in [0.2, 0.25) is 0 Å². The summed E-state index contributed by atoms with van der Waals surface area (Å²) in [5, 5.41) is 24.6. The zero-order chi connectivity index (χ0) is 87.5. The van der Waals surface area contributed by atoms with Gasteiger partial charge in [-0.25, -0.2) is 0 Å². The highest BCUT2D eigenvalue weighted by molar-refractivity contribution is 5.74. The van der Waals surface area contributed by atoms with Gasteiger partial charge in [-0.3, -0.25) is 81.5 Å². The maximum absolute atomic E-state index is 14.1. The molecular formula is C70H97NO46. The lowest BCUT2D eigenvalue weighted by Crippen LogP contribution is -2.72. The largest absolute Gasteiger partial charge is 0.463 e. The Kier molecular flexibility index (Phi) is 36.0. The molecule has 30 atom stereocenters. The van der Waals surface area contributed by atoms with Crippen LogP contribution in [0.4, 0.5) is 0 Å². The summed E-state index contributed by atoms with van der Waals surface area (Å²) in [7, 11) is 0. The van der Waals surface area contributed by atoms with Crippen molar-refractivity contribution in [3.05, 3.63) is 0 Å². The van der Waals surface area contributed by atoms with E-state index in [1.165, 1.54) is 6.92 Å². The molecule has 3 N–H and O–H groups in total. The summed E-state index contributed by atoms with van der Waals surface area (Å²) < 4.78 is 161. The molecule has 0 aliphatic carbocycles. The highest BCUT2D eigenvalue weighted by Crippen LogP contribution is 2.42. The summed E-state index contributed by atoms with van der Waals surface area (Å²) in [6.07, 6.45) is -60.7. The lowest BCUT2D eigenvalue weighted by atomic mass is 9.93. The molecule has 658 valence electrons. The summed E-state index contributed by atoms with van der Waals surface area (Å²) in [6.45, 7) is 11.8. The van der Waals surface area contributed by atoms with Crippen LogP contribution in [0.1, 0.15) is 125 Å². The molecular weight excluding hydrogens is 1590 g/mol. The van der Waals surface area contributed by atoms with Gasteiger partial charge in [-0.2, -0.15) is 0 Å². The topological polar surface area (TPSA) is 592 Å². The molecule has 117 heavy (non-hydrogen) atoms. The SMILES string of the molecule is CC(=O)N[C@H]1[C@H](O[C@H]2[C@@H](OC(C)=O)[C@@H](COC(C)=O)O[C@H](O[C@@H]3[C@H](OC(C)=O)[C@@H](OC(C)=O)[C@H](O[C@H]4[C@H](OC(C)=O)[C@@H](O)[C@H](O)O[C@@H]4COC(C)=O)O[C@@H]3COC(C)=O)[C@@H]2OC(C)=O)O[C@H](COC(C)=O)[C@H](OC(C)=O)[C@@H]1O[C@@H]1O[C@H](COC(C)=O)[C@H](OC(C)=O)[C@H](OC(C)=O)[C@H]1O[C@@H]1O[C@@H](C)[C@@H](OC(C)=O)[C@@H](OC(C)=O)[C@@H]1OC(C)=O. The van der Waals surface area contributed by atoms with E-state index in [1.54, 1.807) is 0 Å². The Bertz CT molecular complexity index is 3570. The van der Waals surface area contributed by atoms with Crippen LogP contribution in [-0.2, 0) is 209 Å². The first kappa shape index (κ1) is 96.3. The predicted molar refractivity (Wildman–Crippen MR) is 362 cm³/mol. The number of rotatable bonds is 32. The molecule has 0 bridgehead atoms. The molecule has 0 unspecified atom stereocenters. The Morgan fingerprint density at radius 2 is 0.470 bits per heavy atom. The van der Waals surface area contributed by atoms with Crippen LogP contribution in [0.25, 0.3) is 0 Å². The molecule has 1 amide bonds. The fourth-order valence-corrected chi connectivity index (χ4v) is 13.2. The predicted octanol–water partition coefficient (Wildman–Crippen LogP) is -3.80. The maximum atomic E-state index is 14.1. The molecule has 6 rings (SSSR count). The van der Waals surface area contributed by atoms with Gasteiger partial charge in [0.15, 0.2) is 111 Å². The second-order valence-corrected chi connectivity index (χ2v) is 27.0. The van der Waals surface area contributed by atoms with Gasteiger partial charge >= 0.3 is 95.5 Å². The molecule has 6 saturated heterocycles. The normalized spacial score (nSPS) is 34.5. The summed E-state index contributed by atoms with van der Waals surface area (Å²) >= 11 is 0. The minimum Gasteiger partial charge on any atom is -0.463 e. The van der Waals surface area contributed by atoms with Gasteiger partial charge in [0.2, 0.25) is 5.91 Å². The number of carbonyl (C=O) groups is 17. The Morgan fingerprint density at radius 3 is 0.829 bits per heavy atom. The average molecular weight is 1690 g/mol. The molecule has 0 saturated carbocycles. The molecule has 47 nitrogen and oxygen atoms in total. The standard InChI is InChI=1S/C70H97NO46/c1-24-49(97-31(8)78)57(102-36(13)83)61(105-39(16)86)67(96-24)117-64-58(103-37(14)84)52(99-33(10)80)44(21-93-28(5)75)111-70(64)115-55-47(71-25(2)72)66(109-43(20-92-27(4)74)50(55)98-32(9)79)116-60-53(100-34(11)81)45(22-94-29(6)76)110-69(63(60)107-41(18)88)114-54-46(23-95-30(7)77)112-68(62(106-40(17)87)59(54)104-38(15)85)113-51-42(19-91-26(3)73)108-65(90)48(89)56(51)101-35(12)82/h24,42-70,89-90H,19-23H2,1-18H3,(H,71,72)/t24-,42+,43+,44+,45+,46+,47+,48+,49+,50-,51+,52-,53-,54-,55+,56+,57+,58-,59-,60-,61-,62+,63+,64+,65+,66-,67-,68-,69+,70-/m0/s1. The van der Waals surface area contributed by atoms with Gasteiger partial charge in [0.25, 0.3) is 0 Å². The molecule has 0 radical (unpaired) electrons. The number of ether oxygens (including phenoxy) is 27. The fourth-order valence-electron chi connectivity index (χ4n) is 13.2. The van der Waals surface area contributed by atoms with Crippen LogP contribution < -0.4 is 5.32 Å². The monoisotopic (exact) mass is 1690 g/mol. The molecule has 6 fully saturated rings. The van der Waals surface area contributed by atoms with Crippen molar-refractivity contribution in [1.29, 1.82) is 0 Å². The quantitative estimate of drug-likeness (QED) is 0.0429. The highest BCUT2D eigenvalue weighted by atomic mass is 16.8. The van der Waals surface area contributed by atoms with Gasteiger partial charge in [-0.1, -0.05) is 0 Å². The van der Waals surface area contributed by atoms with Crippen molar-refractivity contribution in [1.82, 2.24) is 5.32 Å². The van der Waals surface area contributed by atoms with Crippen LogP contribution in [0.3, 0.4) is 0 Å². The van der Waals surface area contributed by atoms with Crippen molar-refractivity contribution < 1.29 is 220 Å². The number of hydrogen-bond acceptors (Lipinski definition) is 46. The van der Waals surface area contributed by atoms with E-state index in [9.17, 15) is 91.7 Å². The minimum atomic E-state index is -2.44. The molecule has 6 aliphatic rings. The van der Waals surface area contributed by atoms with Gasteiger partial charge in [-0.15, -0.1) is 0 Å². The van der Waals surface area contributed by atoms with Crippen LogP contribution in [-0.4, -0.2) is 329 Å². The first-order chi connectivity index (χ1) is 54.7. The van der Waals surface area contributed by atoms with Gasteiger partial charge in [0, 0.05) is 118 Å². The third-order valence-corrected chi connectivity index (χ3v) is 17.2. The Hall–Kier alpha value is -9.53. The van der Waals surface area contributed by atoms with E-state index in [0.717, 1.165) is 118 Å². The fraction of sp³-hybridized carbons (Fsp3) is 0.757. The number of amides is 1. The number of esters is 16. The maximum Gasteiger partial charge on any atom is 0.303 e. The van der Waals surface area contributed by atoms with Crippen LogP contribution in [0.15, 0.2) is 0 Å². The Labute approximate surface area is 666 Å². The third kappa shape index (κ3) is 28.1. The van der Waals surface area contributed by atoms with E-state index in [-0.39, 0.29) is 0 Å². The molecule has 0 spiro atoms. The number of carbonyl (C=O) groups excluding carboxylic acids is 17. The molecule has 0 aromatic heterocycles. The summed E-state index contributed by atoms with van der Waals surface area (Å²) in [4.78, 5) is 224. The number of aliphatic hydroxyl groups excluding tert-OH is 2. The van der Waals surface area contributed by atoms with Crippen molar-refractivity contribution in [2.75, 3.05) is 33.0 Å². The second kappa shape index (κ2) is 43.8. The molecule has 0 aromatic rings. The zero-order valence-corrected chi connectivity index (χ0v) is 66.7. The molecule has 47 heteroatoms. The van der Waals surface area contributed by atoms with Gasteiger partial charge in [0.1, 0.15) is 100 Å². The van der Waals surface area contributed by atoms with E-state index in [0.29, 0.717) is 0 Å². The number of aliphatic hydroxyl groups is 2. The minimum absolute atomic E-state index is 0.810. The van der Waals surface area contributed by atoms with Crippen LogP contribution >= 0.6 is 0 Å². The smallest absolute Gasteiger partial charge is 0.303 e. The van der Waals surface area contributed by atoms with Gasteiger partial charge < -0.3 is 143 Å². The molecule has 6 aliphatic heterocycles. The lowest BCUT2D eigenvalue weighted by Gasteiger charge is -2.52. The van der Waals surface area contributed by atoms with Gasteiger partial charge in [0.05, 0.1) is 6.10 Å². The highest BCUT2D eigenvalue weighted by Gasteiger charge is 2.64. The Balaban J connectivity index is 1.65. The van der Waals surface area contributed by atoms with Crippen LogP contribution in [0, 0.1) is 0 Å². The first-order valence-corrected chi connectivity index (χ1v) is 36.1. The first-order valence-electron chi connectivity index (χ1n) is 36.1. The number of hydrogen-bond donors (Lipinski definition) is 3. The lowest BCUT2D eigenvalue weighted by molar-refractivity contribution is -0.393. The van der Waals surface area contributed by atoms with E-state index in [2.05, 4.69) is 5.32 Å². The second-order valence-electron chi connectivity index (χ2n) is 27.0. The summed E-state index contributed by atoms with van der Waals surface area (Å²) in [5.74, 6) is -18.8. The third-order valence-electron chi connectivity index (χ3n) is 17.2. The van der Waals surface area contributed by atoms with E-state index < -0.39 is 319 Å². The number of nitrogens with one attached hydrogen (secondary N) is 1. The zero-order valence-electron chi connectivity index (χ0n) is 66.7. The van der Waals surface area contributed by atoms with E-state index in [1.807, 2.05) is 0 Å². The van der Waals surface area contributed by atoms with Crippen molar-refractivity contribution >= 4 is 101 Å². The Morgan fingerprint density at radius 1 is 0.239 bits per heavy atom. The van der Waals surface area contributed by atoms with Crippen LogP contribution in [0.5, 0.6) is 0 Å². The molecule has 0 aromatic carbocycles.